The average Bonchev–Trinajstić information content (AvgIpc) is 3.23. The van der Waals surface area contributed by atoms with E-state index in [0.29, 0.717) is 12.0 Å². The molecule has 1 atom stereocenters. The van der Waals surface area contributed by atoms with E-state index in [0.717, 1.165) is 50.0 Å². The van der Waals surface area contributed by atoms with Gasteiger partial charge in [0, 0.05) is 36.5 Å². The lowest BCUT2D eigenvalue weighted by atomic mass is 9.88. The van der Waals surface area contributed by atoms with Crippen LogP contribution in [-0.4, -0.2) is 45.6 Å². The molecular formula is C19H28N4O2. The number of aromatic amines is 1. The van der Waals surface area contributed by atoms with Crippen molar-refractivity contribution in [2.75, 3.05) is 13.1 Å². The molecule has 0 bridgehead atoms. The average molecular weight is 344 g/mol. The Balaban J connectivity index is 0.000000880. The first kappa shape index (κ1) is 17.9. The maximum atomic E-state index is 12.4. The summed E-state index contributed by atoms with van der Waals surface area (Å²) in [4.78, 5) is 26.0. The van der Waals surface area contributed by atoms with E-state index in [-0.39, 0.29) is 5.56 Å². The highest BCUT2D eigenvalue weighted by molar-refractivity contribution is 5.84. The minimum Gasteiger partial charge on any atom is -0.307 e. The van der Waals surface area contributed by atoms with Crippen molar-refractivity contribution in [1.29, 1.82) is 0 Å². The predicted octanol–water partition coefficient (Wildman–Crippen LogP) is 2.15. The van der Waals surface area contributed by atoms with Crippen LogP contribution in [0.3, 0.4) is 0 Å². The summed E-state index contributed by atoms with van der Waals surface area (Å²) in [7, 11) is 1.95. The highest BCUT2D eigenvalue weighted by atomic mass is 16.1. The first-order chi connectivity index (χ1) is 12.1. The number of carbonyl (C=O) groups is 1. The van der Waals surface area contributed by atoms with Crippen molar-refractivity contribution in [3.8, 4) is 0 Å². The van der Waals surface area contributed by atoms with Crippen LogP contribution in [0.4, 0.5) is 0 Å². The number of nitrogens with one attached hydrogen (secondary N) is 1. The standard InChI is InChI=1S/C18H26N4O.CH2O/c1-11(2)22-9-8-12(10-22)16-15-13-6-4-5-7-14(13)18(23)19-17(15)21(3)20-16;1-2/h11-12H,4-10H2,1-3H3,(H,19,23);1H2. The third kappa shape index (κ3) is 3.03. The van der Waals surface area contributed by atoms with Gasteiger partial charge in [-0.1, -0.05) is 0 Å². The van der Waals surface area contributed by atoms with Crippen molar-refractivity contribution in [2.45, 2.75) is 57.9 Å². The highest BCUT2D eigenvalue weighted by Gasteiger charge is 2.31. The second kappa shape index (κ2) is 7.12. The lowest BCUT2D eigenvalue weighted by molar-refractivity contribution is -0.0979. The minimum atomic E-state index is 0.0944. The minimum absolute atomic E-state index is 0.0944. The van der Waals surface area contributed by atoms with Gasteiger partial charge in [0.1, 0.15) is 12.4 Å². The molecule has 2 aliphatic rings. The van der Waals surface area contributed by atoms with Crippen LogP contribution in [-0.2, 0) is 24.7 Å². The van der Waals surface area contributed by atoms with Gasteiger partial charge in [-0.25, -0.2) is 0 Å². The number of hydrogen-bond donors (Lipinski definition) is 1. The topological polar surface area (TPSA) is 71.0 Å². The zero-order valence-electron chi connectivity index (χ0n) is 15.5. The monoisotopic (exact) mass is 344 g/mol. The van der Waals surface area contributed by atoms with Gasteiger partial charge < -0.3 is 14.7 Å². The second-order valence-electron chi connectivity index (χ2n) is 7.43. The fraction of sp³-hybridized carbons (Fsp3) is 0.632. The Hall–Kier alpha value is -1.95. The fourth-order valence-corrected chi connectivity index (χ4v) is 4.37. The first-order valence-electron chi connectivity index (χ1n) is 9.19. The first-order valence-corrected chi connectivity index (χ1v) is 9.19. The third-order valence-corrected chi connectivity index (χ3v) is 5.69. The maximum absolute atomic E-state index is 12.4. The van der Waals surface area contributed by atoms with Crippen LogP contribution in [0.15, 0.2) is 4.79 Å². The van der Waals surface area contributed by atoms with Crippen molar-refractivity contribution >= 4 is 17.8 Å². The molecule has 2 aromatic heterocycles. The van der Waals surface area contributed by atoms with Crippen molar-refractivity contribution < 1.29 is 4.79 Å². The molecule has 6 nitrogen and oxygen atoms in total. The molecular weight excluding hydrogens is 316 g/mol. The molecule has 136 valence electrons. The van der Waals surface area contributed by atoms with E-state index in [2.05, 4.69) is 23.7 Å². The summed E-state index contributed by atoms with van der Waals surface area (Å²) in [6.45, 7) is 8.75. The SMILES string of the molecule is C=O.CC(C)N1CCC(c2nn(C)c3[nH]c(=O)c4c(c23)CCCC4)C1. The van der Waals surface area contributed by atoms with E-state index in [4.69, 9.17) is 9.89 Å². The molecule has 1 N–H and O–H groups in total. The van der Waals surface area contributed by atoms with Gasteiger partial charge >= 0.3 is 0 Å². The van der Waals surface area contributed by atoms with Gasteiger partial charge in [-0.2, -0.15) is 5.10 Å². The molecule has 1 aliphatic heterocycles. The molecule has 1 fully saturated rings. The summed E-state index contributed by atoms with van der Waals surface area (Å²) in [5.41, 5.74) is 4.50. The van der Waals surface area contributed by atoms with Crippen molar-refractivity contribution in [3.63, 3.8) is 0 Å². The number of fused-ring (bicyclic) bond motifs is 3. The second-order valence-corrected chi connectivity index (χ2v) is 7.43. The van der Waals surface area contributed by atoms with Gasteiger partial charge in [0.05, 0.1) is 5.69 Å². The Bertz CT molecular complexity index is 821. The summed E-state index contributed by atoms with van der Waals surface area (Å²) < 4.78 is 1.87. The van der Waals surface area contributed by atoms with Gasteiger partial charge in [-0.15, -0.1) is 0 Å². The number of nitrogens with zero attached hydrogens (tertiary/aromatic N) is 3. The van der Waals surface area contributed by atoms with Gasteiger partial charge in [-0.05, 0) is 58.1 Å². The number of aryl methyl sites for hydroxylation is 2. The molecule has 1 saturated heterocycles. The fourth-order valence-electron chi connectivity index (χ4n) is 4.37. The third-order valence-electron chi connectivity index (χ3n) is 5.69. The zero-order chi connectivity index (χ0) is 18.1. The van der Waals surface area contributed by atoms with Crippen LogP contribution >= 0.6 is 0 Å². The van der Waals surface area contributed by atoms with Crippen LogP contribution in [0, 0.1) is 0 Å². The highest BCUT2D eigenvalue weighted by Crippen LogP contribution is 2.35. The molecule has 1 aliphatic carbocycles. The number of carbonyl (C=O) groups excluding carboxylic acids is 1. The largest absolute Gasteiger partial charge is 0.307 e. The molecule has 4 rings (SSSR count). The van der Waals surface area contributed by atoms with Crippen LogP contribution in [0.5, 0.6) is 0 Å². The van der Waals surface area contributed by atoms with Crippen LogP contribution in [0.2, 0.25) is 0 Å². The Kier molecular flexibility index (Phi) is 5.08. The Morgan fingerprint density at radius 1 is 1.20 bits per heavy atom. The smallest absolute Gasteiger partial charge is 0.253 e. The van der Waals surface area contributed by atoms with Gasteiger partial charge in [0.15, 0.2) is 0 Å². The van der Waals surface area contributed by atoms with Crippen LogP contribution in [0.25, 0.3) is 11.0 Å². The number of rotatable bonds is 2. The molecule has 0 amide bonds. The van der Waals surface area contributed by atoms with E-state index >= 15 is 0 Å². The van der Waals surface area contributed by atoms with Crippen molar-refractivity contribution in [1.82, 2.24) is 19.7 Å². The molecule has 2 aromatic rings. The van der Waals surface area contributed by atoms with Crippen LogP contribution in [0.1, 0.15) is 55.8 Å². The maximum Gasteiger partial charge on any atom is 0.253 e. The number of likely N-dealkylation sites (tertiary alicyclic amines) is 1. The Labute approximate surface area is 148 Å². The molecule has 0 radical (unpaired) electrons. The summed E-state index contributed by atoms with van der Waals surface area (Å²) in [6, 6.07) is 0.587. The molecule has 0 aromatic carbocycles. The van der Waals surface area contributed by atoms with E-state index in [1.54, 1.807) is 0 Å². The van der Waals surface area contributed by atoms with E-state index < -0.39 is 0 Å². The molecule has 0 saturated carbocycles. The summed E-state index contributed by atoms with van der Waals surface area (Å²) >= 11 is 0. The van der Waals surface area contributed by atoms with Gasteiger partial charge in [0.2, 0.25) is 0 Å². The number of hydrogen-bond acceptors (Lipinski definition) is 4. The van der Waals surface area contributed by atoms with Gasteiger partial charge in [0.25, 0.3) is 5.56 Å². The molecule has 6 heteroatoms. The Morgan fingerprint density at radius 3 is 2.52 bits per heavy atom. The molecule has 1 unspecified atom stereocenters. The summed E-state index contributed by atoms with van der Waals surface area (Å²) in [5.74, 6) is 0.484. The van der Waals surface area contributed by atoms with Crippen molar-refractivity contribution in [2.24, 2.45) is 7.05 Å². The zero-order valence-corrected chi connectivity index (χ0v) is 15.5. The quantitative estimate of drug-likeness (QED) is 0.906. The molecule has 0 spiro atoms. The Morgan fingerprint density at radius 2 is 1.88 bits per heavy atom. The van der Waals surface area contributed by atoms with E-state index in [1.165, 1.54) is 23.1 Å². The number of aromatic nitrogens is 3. The van der Waals surface area contributed by atoms with Crippen molar-refractivity contribution in [3.05, 3.63) is 27.2 Å². The lowest BCUT2D eigenvalue weighted by Gasteiger charge is -2.20. The predicted molar refractivity (Wildman–Crippen MR) is 99.2 cm³/mol. The van der Waals surface area contributed by atoms with E-state index in [1.807, 2.05) is 18.5 Å². The van der Waals surface area contributed by atoms with Crippen LogP contribution < -0.4 is 5.56 Å². The number of H-pyrrole nitrogens is 1. The summed E-state index contributed by atoms with van der Waals surface area (Å²) in [5, 5.41) is 6.08. The van der Waals surface area contributed by atoms with E-state index in [9.17, 15) is 4.79 Å². The van der Waals surface area contributed by atoms with Gasteiger partial charge in [-0.3, -0.25) is 9.48 Å². The molecule has 25 heavy (non-hydrogen) atoms. The summed E-state index contributed by atoms with van der Waals surface area (Å²) in [6.07, 6.45) is 5.41. The molecule has 3 heterocycles. The normalized spacial score (nSPS) is 20.6. The number of pyridine rings is 1. The lowest BCUT2D eigenvalue weighted by Crippen LogP contribution is -2.28.